The number of hydrogen-bond acceptors (Lipinski definition) is 2. The van der Waals surface area contributed by atoms with E-state index < -0.39 is 30.4 Å². The van der Waals surface area contributed by atoms with Gasteiger partial charge in [0.25, 0.3) is 0 Å². The van der Waals surface area contributed by atoms with Gasteiger partial charge in [0.2, 0.25) is 0 Å². The number of nitrogens with one attached hydrogen (secondary N) is 1. The number of carboxylic acid groups (broad SMARTS) is 1. The van der Waals surface area contributed by atoms with Gasteiger partial charge in [-0.1, -0.05) is 0 Å². The fraction of sp³-hybridized carbons (Fsp3) is 0.875. The lowest BCUT2D eigenvalue weighted by atomic mass is 9.84. The first-order chi connectivity index (χ1) is 6.40. The first-order valence-corrected chi connectivity index (χ1v) is 4.40. The van der Waals surface area contributed by atoms with Crippen molar-refractivity contribution in [2.45, 2.75) is 19.0 Å². The van der Waals surface area contributed by atoms with Crippen molar-refractivity contribution in [2.75, 3.05) is 13.1 Å². The smallest absolute Gasteiger partial charge is 0.389 e. The maximum absolute atomic E-state index is 12.1. The predicted octanol–water partition coefficient (Wildman–Crippen LogP) is 1.25. The highest BCUT2D eigenvalue weighted by Gasteiger charge is 2.39. The molecule has 2 atom stereocenters. The lowest BCUT2D eigenvalue weighted by Crippen LogP contribution is -2.42. The second-order valence-electron chi connectivity index (χ2n) is 3.52. The zero-order valence-corrected chi connectivity index (χ0v) is 7.47. The van der Waals surface area contributed by atoms with E-state index in [4.69, 9.17) is 5.11 Å². The molecular formula is C8H12F3NO2. The molecule has 14 heavy (non-hydrogen) atoms. The molecule has 1 fully saturated rings. The van der Waals surface area contributed by atoms with Gasteiger partial charge in [0, 0.05) is 13.0 Å². The van der Waals surface area contributed by atoms with Crippen LogP contribution >= 0.6 is 0 Å². The second-order valence-corrected chi connectivity index (χ2v) is 3.52. The summed E-state index contributed by atoms with van der Waals surface area (Å²) in [7, 11) is 0. The molecule has 82 valence electrons. The van der Waals surface area contributed by atoms with E-state index in [0.29, 0.717) is 6.54 Å². The van der Waals surface area contributed by atoms with Crippen LogP contribution in [0.25, 0.3) is 0 Å². The summed E-state index contributed by atoms with van der Waals surface area (Å²) < 4.78 is 36.2. The van der Waals surface area contributed by atoms with Gasteiger partial charge in [-0.05, 0) is 18.9 Å². The van der Waals surface area contributed by atoms with Gasteiger partial charge in [0.15, 0.2) is 0 Å². The van der Waals surface area contributed by atoms with Crippen molar-refractivity contribution in [2.24, 2.45) is 11.8 Å². The summed E-state index contributed by atoms with van der Waals surface area (Å²) in [6, 6.07) is 0. The van der Waals surface area contributed by atoms with Gasteiger partial charge in [-0.3, -0.25) is 4.79 Å². The Labute approximate surface area is 79.3 Å². The highest BCUT2D eigenvalue weighted by Crippen LogP contribution is 2.32. The molecule has 1 aliphatic heterocycles. The highest BCUT2D eigenvalue weighted by atomic mass is 19.4. The summed E-state index contributed by atoms with van der Waals surface area (Å²) in [5, 5.41) is 11.5. The van der Waals surface area contributed by atoms with Gasteiger partial charge in [0.05, 0.1) is 5.92 Å². The SMILES string of the molecule is O=C(O)C1CNCCC1CC(F)(F)F. The van der Waals surface area contributed by atoms with E-state index in [9.17, 15) is 18.0 Å². The Morgan fingerprint density at radius 2 is 2.14 bits per heavy atom. The molecule has 0 saturated carbocycles. The Morgan fingerprint density at radius 3 is 2.64 bits per heavy atom. The minimum Gasteiger partial charge on any atom is -0.481 e. The van der Waals surface area contributed by atoms with E-state index >= 15 is 0 Å². The number of hydrogen-bond donors (Lipinski definition) is 2. The van der Waals surface area contributed by atoms with Crippen LogP contribution in [-0.2, 0) is 4.79 Å². The van der Waals surface area contributed by atoms with Gasteiger partial charge >= 0.3 is 12.1 Å². The fourth-order valence-corrected chi connectivity index (χ4v) is 1.74. The Hall–Kier alpha value is -0.780. The van der Waals surface area contributed by atoms with Crippen LogP contribution in [0.4, 0.5) is 13.2 Å². The molecule has 6 heteroatoms. The second kappa shape index (κ2) is 4.16. The summed E-state index contributed by atoms with van der Waals surface area (Å²) in [5.74, 6) is -2.84. The summed E-state index contributed by atoms with van der Waals surface area (Å²) in [6.45, 7) is 0.598. The number of alkyl halides is 3. The largest absolute Gasteiger partial charge is 0.481 e. The highest BCUT2D eigenvalue weighted by molar-refractivity contribution is 5.70. The van der Waals surface area contributed by atoms with E-state index in [1.54, 1.807) is 0 Å². The van der Waals surface area contributed by atoms with Crippen molar-refractivity contribution < 1.29 is 23.1 Å². The van der Waals surface area contributed by atoms with Crippen molar-refractivity contribution in [3.8, 4) is 0 Å². The van der Waals surface area contributed by atoms with Crippen LogP contribution in [0.1, 0.15) is 12.8 Å². The van der Waals surface area contributed by atoms with Crippen LogP contribution < -0.4 is 5.32 Å². The molecule has 0 amide bonds. The average Bonchev–Trinajstić information content (AvgIpc) is 2.01. The van der Waals surface area contributed by atoms with E-state index in [1.807, 2.05) is 0 Å². The van der Waals surface area contributed by atoms with Crippen molar-refractivity contribution in [3.63, 3.8) is 0 Å². The van der Waals surface area contributed by atoms with E-state index in [2.05, 4.69) is 5.32 Å². The van der Waals surface area contributed by atoms with Crippen LogP contribution in [0.5, 0.6) is 0 Å². The molecule has 0 spiro atoms. The van der Waals surface area contributed by atoms with Crippen molar-refractivity contribution >= 4 is 5.97 Å². The molecule has 1 aliphatic rings. The normalized spacial score (nSPS) is 28.8. The van der Waals surface area contributed by atoms with Gasteiger partial charge in [0.1, 0.15) is 0 Å². The molecule has 0 radical (unpaired) electrons. The summed E-state index contributed by atoms with van der Waals surface area (Å²) in [4.78, 5) is 10.6. The number of halogens is 3. The molecule has 1 rings (SSSR count). The zero-order valence-electron chi connectivity index (χ0n) is 7.47. The van der Waals surface area contributed by atoms with Crippen LogP contribution in [-0.4, -0.2) is 30.3 Å². The number of aliphatic carboxylic acids is 1. The first-order valence-electron chi connectivity index (χ1n) is 4.40. The zero-order chi connectivity index (χ0) is 10.8. The average molecular weight is 211 g/mol. The topological polar surface area (TPSA) is 49.3 Å². The maximum atomic E-state index is 12.1. The molecule has 2 unspecified atom stereocenters. The summed E-state index contributed by atoms with van der Waals surface area (Å²) in [6.07, 6.45) is -4.99. The summed E-state index contributed by atoms with van der Waals surface area (Å²) in [5.41, 5.74) is 0. The quantitative estimate of drug-likeness (QED) is 0.722. The van der Waals surface area contributed by atoms with Crippen molar-refractivity contribution in [1.29, 1.82) is 0 Å². The van der Waals surface area contributed by atoms with Gasteiger partial charge < -0.3 is 10.4 Å². The van der Waals surface area contributed by atoms with Crippen LogP contribution in [0.3, 0.4) is 0 Å². The monoisotopic (exact) mass is 211 g/mol. The maximum Gasteiger partial charge on any atom is 0.389 e. The lowest BCUT2D eigenvalue weighted by molar-refractivity contribution is -0.159. The Balaban J connectivity index is 2.59. The summed E-state index contributed by atoms with van der Waals surface area (Å²) >= 11 is 0. The third kappa shape index (κ3) is 3.17. The van der Waals surface area contributed by atoms with Gasteiger partial charge in [-0.2, -0.15) is 13.2 Å². The van der Waals surface area contributed by atoms with Crippen molar-refractivity contribution in [1.82, 2.24) is 5.32 Å². The molecule has 0 aromatic rings. The van der Waals surface area contributed by atoms with E-state index in [-0.39, 0.29) is 13.0 Å². The van der Waals surface area contributed by atoms with Crippen LogP contribution in [0.15, 0.2) is 0 Å². The number of piperidine rings is 1. The predicted molar refractivity (Wildman–Crippen MR) is 42.8 cm³/mol. The number of carbonyl (C=O) groups is 1. The van der Waals surface area contributed by atoms with Crippen LogP contribution in [0, 0.1) is 11.8 Å². The number of carboxylic acids is 1. The third-order valence-corrected chi connectivity index (χ3v) is 2.44. The standard InChI is InChI=1S/C8H12F3NO2/c9-8(10,11)3-5-1-2-12-4-6(5)7(13)14/h5-6,12H,1-4H2,(H,13,14). The molecule has 3 nitrogen and oxygen atoms in total. The minimum absolute atomic E-state index is 0.135. The molecule has 0 aromatic heterocycles. The van der Waals surface area contributed by atoms with E-state index in [1.165, 1.54) is 0 Å². The lowest BCUT2D eigenvalue weighted by Gasteiger charge is -2.29. The third-order valence-electron chi connectivity index (χ3n) is 2.44. The van der Waals surface area contributed by atoms with E-state index in [0.717, 1.165) is 0 Å². The molecule has 1 saturated heterocycles. The number of rotatable bonds is 2. The molecule has 2 N–H and O–H groups in total. The Morgan fingerprint density at radius 1 is 1.50 bits per heavy atom. The molecule has 1 heterocycles. The first kappa shape index (κ1) is 11.3. The van der Waals surface area contributed by atoms with Gasteiger partial charge in [-0.15, -0.1) is 0 Å². The molecular weight excluding hydrogens is 199 g/mol. The van der Waals surface area contributed by atoms with Crippen LogP contribution in [0.2, 0.25) is 0 Å². The fourth-order valence-electron chi connectivity index (χ4n) is 1.74. The minimum atomic E-state index is -4.27. The van der Waals surface area contributed by atoms with Crippen molar-refractivity contribution in [3.05, 3.63) is 0 Å². The Kier molecular flexibility index (Phi) is 3.36. The van der Waals surface area contributed by atoms with Gasteiger partial charge in [-0.25, -0.2) is 0 Å². The molecule has 0 aromatic carbocycles. The molecule has 0 bridgehead atoms. The Bertz CT molecular complexity index is 217. The molecule has 0 aliphatic carbocycles.